The number of hydrogen-bond donors (Lipinski definition) is 0. The normalized spacial score (nSPS) is 25.6. The monoisotopic (exact) mass is 487 g/mol. The maximum atomic E-state index is 2.40. The van der Waals surface area contributed by atoms with Gasteiger partial charge in [0.25, 0.3) is 0 Å². The summed E-state index contributed by atoms with van der Waals surface area (Å²) in [6.07, 6.45) is 14.3. The summed E-state index contributed by atoms with van der Waals surface area (Å²) in [5.41, 5.74) is 0.892. The van der Waals surface area contributed by atoms with Crippen molar-refractivity contribution in [3.05, 3.63) is 0 Å². The molecule has 0 unspecified atom stereocenters. The summed E-state index contributed by atoms with van der Waals surface area (Å²) < 4.78 is 3.72. The van der Waals surface area contributed by atoms with Crippen LogP contribution in [0.4, 0.5) is 0 Å². The summed E-state index contributed by atoms with van der Waals surface area (Å²) in [7, 11) is 11.8. The van der Waals surface area contributed by atoms with Crippen LogP contribution in [0.25, 0.3) is 0 Å². The molecule has 3 aliphatic heterocycles. The quantitative estimate of drug-likeness (QED) is 0.328. The first-order valence-corrected chi connectivity index (χ1v) is 15.2. The molecule has 0 aromatic heterocycles. The molecule has 0 saturated carbocycles. The molecule has 3 fully saturated rings. The Morgan fingerprint density at radius 1 is 0.500 bits per heavy atom. The number of rotatable bonds is 1. The van der Waals surface area contributed by atoms with E-state index in [2.05, 4.69) is 69.9 Å². The first-order valence-electron chi connectivity index (χ1n) is 15.2. The minimum absolute atomic E-state index is 0.446. The Morgan fingerprint density at radius 2 is 0.824 bits per heavy atom. The Kier molecular flexibility index (Phi) is 17.6. The van der Waals surface area contributed by atoms with Crippen molar-refractivity contribution in [1.29, 1.82) is 0 Å². The molecule has 0 aliphatic carbocycles. The molecule has 3 heteroatoms. The molecule has 3 aliphatic rings. The van der Waals surface area contributed by atoms with E-state index < -0.39 is 0 Å². The zero-order valence-corrected chi connectivity index (χ0v) is 26.9. The lowest BCUT2D eigenvalue weighted by atomic mass is 9.78. The number of likely N-dealkylation sites (tertiary alicyclic amines) is 3. The van der Waals surface area contributed by atoms with Crippen LogP contribution in [0, 0.1) is 0 Å². The SMILES string of the molecule is CC.CC.CC1(C)CCCC(C)(C)[N+]1(C)C.CC[N+]1(C)CCCCC1.C[N+]1(C)CCCCCC1. The van der Waals surface area contributed by atoms with E-state index in [1.54, 1.807) is 0 Å². The minimum Gasteiger partial charge on any atom is -0.328 e. The Bertz CT molecular complexity index is 457. The summed E-state index contributed by atoms with van der Waals surface area (Å²) in [6.45, 7) is 26.8. The average Bonchev–Trinajstić information content (AvgIpc) is 2.99. The number of piperidine rings is 2. The van der Waals surface area contributed by atoms with Gasteiger partial charge < -0.3 is 13.4 Å². The van der Waals surface area contributed by atoms with Gasteiger partial charge in [-0.1, -0.05) is 27.7 Å². The van der Waals surface area contributed by atoms with Crippen molar-refractivity contribution < 1.29 is 13.4 Å². The molecule has 0 amide bonds. The van der Waals surface area contributed by atoms with E-state index in [-0.39, 0.29) is 0 Å². The lowest BCUT2D eigenvalue weighted by molar-refractivity contribution is -0.987. The highest BCUT2D eigenvalue weighted by Gasteiger charge is 2.50. The zero-order valence-electron chi connectivity index (χ0n) is 26.9. The van der Waals surface area contributed by atoms with Crippen LogP contribution in [0.15, 0.2) is 0 Å². The molecule has 3 rings (SSSR count). The molecule has 208 valence electrons. The zero-order chi connectivity index (χ0) is 27.1. The number of quaternary nitrogens is 3. The van der Waals surface area contributed by atoms with E-state index in [1.165, 1.54) is 106 Å². The Balaban J connectivity index is 0. The largest absolute Gasteiger partial charge is 0.328 e. The van der Waals surface area contributed by atoms with Gasteiger partial charge in [-0.3, -0.25) is 0 Å². The Morgan fingerprint density at radius 3 is 1.12 bits per heavy atom. The molecule has 0 radical (unpaired) electrons. The van der Waals surface area contributed by atoms with Gasteiger partial charge in [-0.15, -0.1) is 0 Å². The molecule has 0 aromatic rings. The van der Waals surface area contributed by atoms with Gasteiger partial charge in [0.15, 0.2) is 0 Å². The molecule has 3 saturated heterocycles. The summed E-state index contributed by atoms with van der Waals surface area (Å²) >= 11 is 0. The van der Waals surface area contributed by atoms with Gasteiger partial charge in [-0.25, -0.2) is 0 Å². The molecule has 0 N–H and O–H groups in total. The molecule has 0 aromatic carbocycles. The summed E-state index contributed by atoms with van der Waals surface area (Å²) in [5, 5.41) is 0. The highest BCUT2D eigenvalue weighted by molar-refractivity contribution is 4.84. The second-order valence-corrected chi connectivity index (χ2v) is 13.2. The predicted molar refractivity (Wildman–Crippen MR) is 157 cm³/mol. The van der Waals surface area contributed by atoms with E-state index in [0.29, 0.717) is 11.1 Å². The predicted octanol–water partition coefficient (Wildman–Crippen LogP) is 8.13. The number of nitrogens with zero attached hydrogens (tertiary/aromatic N) is 3. The van der Waals surface area contributed by atoms with E-state index in [4.69, 9.17) is 0 Å². The average molecular weight is 487 g/mol. The molecule has 0 spiro atoms. The minimum atomic E-state index is 0.446. The maximum Gasteiger partial charge on any atom is 0.0935 e. The van der Waals surface area contributed by atoms with Crippen LogP contribution in [0.1, 0.15) is 127 Å². The van der Waals surface area contributed by atoms with Gasteiger partial charge in [-0.2, -0.15) is 0 Å². The summed E-state index contributed by atoms with van der Waals surface area (Å²) in [5.74, 6) is 0. The van der Waals surface area contributed by atoms with Gasteiger partial charge in [0.2, 0.25) is 0 Å². The van der Waals surface area contributed by atoms with Crippen molar-refractivity contribution in [3.63, 3.8) is 0 Å². The molecular weight excluding hydrogens is 414 g/mol. The standard InChI is InChI=1S/C11H24N.2C8H18N.2C2H6/c1-10(2)8-7-9-11(3,4)12(10,5)6;1-9(2)7-5-3-4-6-8-9;1-3-9(2)7-5-4-6-8-9;2*1-2/h7-9H2,1-6H3;2*3-8H2,1-2H3;2*1-2H3/q3*+1;;. The topological polar surface area (TPSA) is 0 Å². The molecule has 34 heavy (non-hydrogen) atoms. The fourth-order valence-electron chi connectivity index (χ4n) is 5.47. The van der Waals surface area contributed by atoms with Gasteiger partial charge in [-0.05, 0) is 86.0 Å². The van der Waals surface area contributed by atoms with Crippen molar-refractivity contribution in [1.82, 2.24) is 0 Å². The smallest absolute Gasteiger partial charge is 0.0935 e. The van der Waals surface area contributed by atoms with Crippen LogP contribution in [0.5, 0.6) is 0 Å². The first-order chi connectivity index (χ1) is 15.7. The van der Waals surface area contributed by atoms with Crippen molar-refractivity contribution in [2.45, 2.75) is 138 Å². The van der Waals surface area contributed by atoms with E-state index in [1.807, 2.05) is 27.7 Å². The van der Waals surface area contributed by atoms with Crippen LogP contribution < -0.4 is 0 Å². The molecule has 0 bridgehead atoms. The van der Waals surface area contributed by atoms with Crippen LogP contribution >= 0.6 is 0 Å². The highest BCUT2D eigenvalue weighted by Crippen LogP contribution is 2.42. The van der Waals surface area contributed by atoms with Gasteiger partial charge in [0, 0.05) is 12.8 Å². The fraction of sp³-hybridized carbons (Fsp3) is 1.00. The van der Waals surface area contributed by atoms with E-state index in [0.717, 1.165) is 4.48 Å². The molecule has 3 nitrogen and oxygen atoms in total. The van der Waals surface area contributed by atoms with Crippen molar-refractivity contribution >= 4 is 0 Å². The summed E-state index contributed by atoms with van der Waals surface area (Å²) in [6, 6.07) is 0. The van der Waals surface area contributed by atoms with Crippen LogP contribution in [0.2, 0.25) is 0 Å². The fourth-order valence-corrected chi connectivity index (χ4v) is 5.47. The third-order valence-electron chi connectivity index (χ3n) is 9.54. The van der Waals surface area contributed by atoms with E-state index >= 15 is 0 Å². The van der Waals surface area contributed by atoms with Crippen LogP contribution in [-0.2, 0) is 0 Å². The molecular formula is C31H72N3+3. The van der Waals surface area contributed by atoms with Crippen molar-refractivity contribution in [2.24, 2.45) is 0 Å². The molecule has 0 atom stereocenters. The van der Waals surface area contributed by atoms with Crippen LogP contribution in [0.3, 0.4) is 0 Å². The lowest BCUT2D eigenvalue weighted by Gasteiger charge is -2.58. The highest BCUT2D eigenvalue weighted by atomic mass is 15.4. The van der Waals surface area contributed by atoms with Gasteiger partial charge >= 0.3 is 0 Å². The number of hydrogen-bond acceptors (Lipinski definition) is 0. The third-order valence-corrected chi connectivity index (χ3v) is 9.54. The third kappa shape index (κ3) is 12.2. The first kappa shape index (κ1) is 36.0. The molecule has 3 heterocycles. The second-order valence-electron chi connectivity index (χ2n) is 13.2. The van der Waals surface area contributed by atoms with Crippen molar-refractivity contribution in [2.75, 3.05) is 68.0 Å². The van der Waals surface area contributed by atoms with Gasteiger partial charge in [0.1, 0.15) is 0 Å². The second kappa shape index (κ2) is 16.6. The summed E-state index contributed by atoms with van der Waals surface area (Å²) in [4.78, 5) is 0. The maximum absolute atomic E-state index is 2.40. The van der Waals surface area contributed by atoms with E-state index in [9.17, 15) is 0 Å². The Hall–Kier alpha value is -0.120. The van der Waals surface area contributed by atoms with Gasteiger partial charge in [0.05, 0.1) is 79.0 Å². The van der Waals surface area contributed by atoms with Crippen molar-refractivity contribution in [3.8, 4) is 0 Å². The Labute approximate surface area is 219 Å². The lowest BCUT2D eigenvalue weighted by Crippen LogP contribution is -2.68. The van der Waals surface area contributed by atoms with Crippen LogP contribution in [-0.4, -0.2) is 92.5 Å².